The number of nitrogens with one attached hydrogen (secondary N) is 1. The molecule has 4 rings (SSSR count). The van der Waals surface area contributed by atoms with E-state index < -0.39 is 0 Å². The minimum atomic E-state index is -0.0944. The van der Waals surface area contributed by atoms with Crippen LogP contribution in [0.25, 0.3) is 0 Å². The molecule has 1 aromatic heterocycles. The highest BCUT2D eigenvalue weighted by Crippen LogP contribution is 2.34. The molecule has 0 bridgehead atoms. The first kappa shape index (κ1) is 15.8. The number of benzene rings is 1. The van der Waals surface area contributed by atoms with Crippen LogP contribution in [0.5, 0.6) is 11.5 Å². The van der Waals surface area contributed by atoms with Crippen LogP contribution in [0.4, 0.5) is 10.5 Å². The van der Waals surface area contributed by atoms with Crippen molar-refractivity contribution >= 4 is 11.7 Å². The summed E-state index contributed by atoms with van der Waals surface area (Å²) in [6.45, 7) is 4.69. The number of hydrogen-bond donors (Lipinski definition) is 1. The maximum atomic E-state index is 12.8. The number of aromatic nitrogens is 2. The maximum Gasteiger partial charge on any atom is 0.322 e. The first-order valence-electron chi connectivity index (χ1n) is 8.75. The Morgan fingerprint density at radius 2 is 2.12 bits per heavy atom. The number of anilines is 1. The van der Waals surface area contributed by atoms with Crippen molar-refractivity contribution in [3.63, 3.8) is 0 Å². The summed E-state index contributed by atoms with van der Waals surface area (Å²) in [4.78, 5) is 14.7. The second-order valence-electron chi connectivity index (χ2n) is 6.21. The van der Waals surface area contributed by atoms with Crippen molar-refractivity contribution < 1.29 is 14.3 Å². The van der Waals surface area contributed by atoms with Crippen LogP contribution >= 0.6 is 0 Å². The van der Waals surface area contributed by atoms with E-state index in [1.807, 2.05) is 33.8 Å². The molecule has 1 saturated heterocycles. The number of urea groups is 1. The molecule has 1 atom stereocenters. The lowest BCUT2D eigenvalue weighted by atomic mass is 10.1. The van der Waals surface area contributed by atoms with E-state index >= 15 is 0 Å². The second-order valence-corrected chi connectivity index (χ2v) is 6.21. The molecule has 1 aromatic carbocycles. The van der Waals surface area contributed by atoms with E-state index in [-0.39, 0.29) is 12.1 Å². The minimum Gasteiger partial charge on any atom is -0.486 e. The van der Waals surface area contributed by atoms with Gasteiger partial charge in [0.1, 0.15) is 13.2 Å². The first-order chi connectivity index (χ1) is 12.3. The van der Waals surface area contributed by atoms with Crippen molar-refractivity contribution in [3.05, 3.63) is 36.2 Å². The second kappa shape index (κ2) is 6.66. The van der Waals surface area contributed by atoms with Gasteiger partial charge in [0.25, 0.3) is 0 Å². The number of ether oxygens (including phenoxy) is 2. The van der Waals surface area contributed by atoms with Gasteiger partial charge >= 0.3 is 6.03 Å². The van der Waals surface area contributed by atoms with Crippen LogP contribution in [0.3, 0.4) is 0 Å². The molecule has 2 aliphatic heterocycles. The van der Waals surface area contributed by atoms with E-state index in [0.717, 1.165) is 37.4 Å². The molecule has 0 aliphatic carbocycles. The Kier molecular flexibility index (Phi) is 4.21. The summed E-state index contributed by atoms with van der Waals surface area (Å²) >= 11 is 0. The van der Waals surface area contributed by atoms with E-state index in [9.17, 15) is 4.79 Å². The molecule has 1 N–H and O–H groups in total. The van der Waals surface area contributed by atoms with Crippen LogP contribution in [-0.2, 0) is 6.54 Å². The Labute approximate surface area is 146 Å². The number of hydrogen-bond acceptors (Lipinski definition) is 4. The fraction of sp³-hybridized carbons (Fsp3) is 0.444. The van der Waals surface area contributed by atoms with Gasteiger partial charge in [-0.15, -0.1) is 0 Å². The van der Waals surface area contributed by atoms with Gasteiger partial charge in [-0.2, -0.15) is 5.10 Å². The van der Waals surface area contributed by atoms with Gasteiger partial charge in [-0.1, -0.05) is 0 Å². The fourth-order valence-electron chi connectivity index (χ4n) is 3.52. The molecule has 0 spiro atoms. The number of likely N-dealkylation sites (tertiary alicyclic amines) is 1. The predicted molar refractivity (Wildman–Crippen MR) is 93.0 cm³/mol. The number of rotatable bonds is 3. The van der Waals surface area contributed by atoms with E-state index in [0.29, 0.717) is 24.7 Å². The SMILES string of the molecule is CCn1nccc1[C@H]1CCCN1C(=O)Nc1ccc2c(c1)OCCO2. The molecule has 132 valence electrons. The van der Waals surface area contributed by atoms with E-state index in [2.05, 4.69) is 17.3 Å². The molecule has 1 fully saturated rings. The summed E-state index contributed by atoms with van der Waals surface area (Å²) in [7, 11) is 0. The zero-order chi connectivity index (χ0) is 17.2. The highest BCUT2D eigenvalue weighted by Gasteiger charge is 2.32. The lowest BCUT2D eigenvalue weighted by Gasteiger charge is -2.26. The predicted octanol–water partition coefficient (Wildman–Crippen LogP) is 3.04. The van der Waals surface area contributed by atoms with Gasteiger partial charge in [-0.05, 0) is 38.0 Å². The van der Waals surface area contributed by atoms with Gasteiger partial charge in [0.05, 0.1) is 11.7 Å². The summed E-state index contributed by atoms with van der Waals surface area (Å²) in [5.41, 5.74) is 1.81. The molecule has 7 heteroatoms. The third kappa shape index (κ3) is 3.01. The number of amides is 2. The molecule has 2 aliphatic rings. The largest absolute Gasteiger partial charge is 0.486 e. The third-order valence-corrected chi connectivity index (χ3v) is 4.70. The van der Waals surface area contributed by atoms with Crippen molar-refractivity contribution in [2.75, 3.05) is 25.1 Å². The molecule has 3 heterocycles. The Morgan fingerprint density at radius 3 is 2.96 bits per heavy atom. The topological polar surface area (TPSA) is 68.6 Å². The Hall–Kier alpha value is -2.70. The van der Waals surface area contributed by atoms with Gasteiger partial charge in [0, 0.05) is 31.0 Å². The van der Waals surface area contributed by atoms with Crippen LogP contribution in [0.2, 0.25) is 0 Å². The number of fused-ring (bicyclic) bond motifs is 1. The monoisotopic (exact) mass is 342 g/mol. The third-order valence-electron chi connectivity index (χ3n) is 4.70. The maximum absolute atomic E-state index is 12.8. The Balaban J connectivity index is 1.50. The van der Waals surface area contributed by atoms with Gasteiger partial charge in [-0.3, -0.25) is 4.68 Å². The van der Waals surface area contributed by atoms with E-state index in [1.165, 1.54) is 0 Å². The highest BCUT2D eigenvalue weighted by molar-refractivity contribution is 5.90. The van der Waals surface area contributed by atoms with Crippen LogP contribution in [-0.4, -0.2) is 40.5 Å². The summed E-state index contributed by atoms with van der Waals surface area (Å²) in [6, 6.07) is 7.46. The molecule has 0 saturated carbocycles. The minimum absolute atomic E-state index is 0.0691. The lowest BCUT2D eigenvalue weighted by molar-refractivity contribution is 0.171. The molecule has 0 unspecified atom stereocenters. The standard InChI is InChI=1S/C18H22N4O3/c1-2-22-15(7-8-19-22)14-4-3-9-21(14)18(23)20-13-5-6-16-17(12-13)25-11-10-24-16/h5-8,12,14H,2-4,9-11H2,1H3,(H,20,23)/t14-/m1/s1. The molecule has 0 radical (unpaired) electrons. The molecule has 7 nitrogen and oxygen atoms in total. The first-order valence-corrected chi connectivity index (χ1v) is 8.75. The number of carbonyl (C=O) groups is 1. The van der Waals surface area contributed by atoms with Crippen LogP contribution in [0.1, 0.15) is 31.5 Å². The summed E-state index contributed by atoms with van der Waals surface area (Å²) in [6.07, 6.45) is 3.75. The number of aryl methyl sites for hydroxylation is 1. The summed E-state index contributed by atoms with van der Waals surface area (Å²) < 4.78 is 13.1. The molecule has 2 aromatic rings. The van der Waals surface area contributed by atoms with Gasteiger partial charge in [-0.25, -0.2) is 4.79 Å². The lowest BCUT2D eigenvalue weighted by Crippen LogP contribution is -2.35. The number of carbonyl (C=O) groups excluding carboxylic acids is 1. The highest BCUT2D eigenvalue weighted by atomic mass is 16.6. The Bertz CT molecular complexity index is 773. The summed E-state index contributed by atoms with van der Waals surface area (Å²) in [5, 5.41) is 7.32. The van der Waals surface area contributed by atoms with Crippen molar-refractivity contribution in [1.82, 2.24) is 14.7 Å². The van der Waals surface area contributed by atoms with E-state index in [4.69, 9.17) is 9.47 Å². The fourth-order valence-corrected chi connectivity index (χ4v) is 3.52. The van der Waals surface area contributed by atoms with Crippen LogP contribution < -0.4 is 14.8 Å². The molecular weight excluding hydrogens is 320 g/mol. The zero-order valence-corrected chi connectivity index (χ0v) is 14.3. The van der Waals surface area contributed by atoms with Crippen LogP contribution in [0.15, 0.2) is 30.5 Å². The van der Waals surface area contributed by atoms with Gasteiger partial charge in [0.2, 0.25) is 0 Å². The normalized spacial score (nSPS) is 19.1. The zero-order valence-electron chi connectivity index (χ0n) is 14.3. The Morgan fingerprint density at radius 1 is 1.28 bits per heavy atom. The van der Waals surface area contributed by atoms with Crippen LogP contribution in [0, 0.1) is 0 Å². The van der Waals surface area contributed by atoms with Gasteiger partial charge < -0.3 is 19.7 Å². The molecule has 2 amide bonds. The summed E-state index contributed by atoms with van der Waals surface area (Å²) in [5.74, 6) is 1.39. The van der Waals surface area contributed by atoms with Crippen molar-refractivity contribution in [3.8, 4) is 11.5 Å². The van der Waals surface area contributed by atoms with E-state index in [1.54, 1.807) is 6.20 Å². The van der Waals surface area contributed by atoms with Crippen molar-refractivity contribution in [2.45, 2.75) is 32.4 Å². The average Bonchev–Trinajstić information content (AvgIpc) is 3.30. The quantitative estimate of drug-likeness (QED) is 0.931. The smallest absolute Gasteiger partial charge is 0.322 e. The number of nitrogens with zero attached hydrogens (tertiary/aromatic N) is 3. The van der Waals surface area contributed by atoms with Gasteiger partial charge in [0.15, 0.2) is 11.5 Å². The van der Waals surface area contributed by atoms with Crippen molar-refractivity contribution in [2.24, 2.45) is 0 Å². The molecular formula is C18H22N4O3. The average molecular weight is 342 g/mol. The molecule has 25 heavy (non-hydrogen) atoms. The van der Waals surface area contributed by atoms with Crippen molar-refractivity contribution in [1.29, 1.82) is 0 Å².